The van der Waals surface area contributed by atoms with Crippen molar-refractivity contribution in [2.24, 2.45) is 5.41 Å². The van der Waals surface area contributed by atoms with Gasteiger partial charge in [-0.25, -0.2) is 0 Å². The maximum absolute atomic E-state index is 12.8. The second-order valence-electron chi connectivity index (χ2n) is 5.54. The van der Waals surface area contributed by atoms with Gasteiger partial charge in [0.25, 0.3) is 0 Å². The van der Waals surface area contributed by atoms with E-state index in [1.165, 1.54) is 0 Å². The van der Waals surface area contributed by atoms with Crippen LogP contribution in [0.5, 0.6) is 0 Å². The van der Waals surface area contributed by atoms with Crippen LogP contribution in [0.1, 0.15) is 56.6 Å². The van der Waals surface area contributed by atoms with E-state index in [0.29, 0.717) is 0 Å². The molecule has 2 heterocycles. The summed E-state index contributed by atoms with van der Waals surface area (Å²) in [6, 6.07) is 2.09. The lowest BCUT2D eigenvalue weighted by Gasteiger charge is -2.26. The fraction of sp³-hybridized carbons (Fsp3) is 0.714. The standard InChI is InChI=1S/C14H23N3O/c1-4-6-14(7-9-15-10-14)13(18)12-5-8-16-17(12)11(2)3/h5,8,11,15H,4,6-7,9-10H2,1-3H3. The maximum Gasteiger partial charge on any atom is 0.188 e. The van der Waals surface area contributed by atoms with Crippen LogP contribution in [0.3, 0.4) is 0 Å². The van der Waals surface area contributed by atoms with Crippen LogP contribution in [-0.2, 0) is 0 Å². The van der Waals surface area contributed by atoms with E-state index in [0.717, 1.165) is 38.0 Å². The van der Waals surface area contributed by atoms with Crippen molar-refractivity contribution in [2.45, 2.75) is 46.1 Å². The quantitative estimate of drug-likeness (QED) is 0.815. The minimum absolute atomic E-state index is 0.207. The number of hydrogen-bond donors (Lipinski definition) is 1. The summed E-state index contributed by atoms with van der Waals surface area (Å²) in [5, 5.41) is 7.61. The molecule has 100 valence electrons. The first-order valence-electron chi connectivity index (χ1n) is 6.90. The Morgan fingerprint density at radius 3 is 2.94 bits per heavy atom. The van der Waals surface area contributed by atoms with Gasteiger partial charge in [0.2, 0.25) is 0 Å². The van der Waals surface area contributed by atoms with E-state index in [-0.39, 0.29) is 17.2 Å². The fourth-order valence-electron chi connectivity index (χ4n) is 2.92. The van der Waals surface area contributed by atoms with E-state index in [2.05, 4.69) is 31.2 Å². The molecule has 0 radical (unpaired) electrons. The molecule has 0 bridgehead atoms. The molecule has 0 aliphatic carbocycles. The average molecular weight is 249 g/mol. The number of nitrogens with one attached hydrogen (secondary N) is 1. The van der Waals surface area contributed by atoms with Crippen LogP contribution >= 0.6 is 0 Å². The molecule has 1 aliphatic heterocycles. The van der Waals surface area contributed by atoms with Gasteiger partial charge in [-0.05, 0) is 39.3 Å². The van der Waals surface area contributed by atoms with E-state index >= 15 is 0 Å². The number of rotatable bonds is 5. The van der Waals surface area contributed by atoms with Gasteiger partial charge < -0.3 is 5.32 Å². The zero-order valence-corrected chi connectivity index (χ0v) is 11.6. The summed E-state index contributed by atoms with van der Waals surface area (Å²) in [5.74, 6) is 0.264. The first-order valence-corrected chi connectivity index (χ1v) is 6.90. The number of carbonyl (C=O) groups excluding carboxylic acids is 1. The van der Waals surface area contributed by atoms with Crippen LogP contribution in [0.4, 0.5) is 0 Å². The molecule has 4 heteroatoms. The molecule has 1 unspecified atom stereocenters. The minimum atomic E-state index is -0.207. The number of Topliss-reactive ketones (excluding diaryl/α,β-unsaturated/α-hetero) is 1. The van der Waals surface area contributed by atoms with E-state index in [1.807, 2.05) is 10.7 Å². The molecular formula is C14H23N3O. The fourth-order valence-corrected chi connectivity index (χ4v) is 2.92. The molecule has 1 aromatic rings. The van der Waals surface area contributed by atoms with Crippen LogP contribution < -0.4 is 5.32 Å². The van der Waals surface area contributed by atoms with Gasteiger partial charge in [-0.2, -0.15) is 5.10 Å². The molecule has 0 aromatic carbocycles. The molecule has 1 N–H and O–H groups in total. The Balaban J connectivity index is 2.31. The summed E-state index contributed by atoms with van der Waals surface area (Å²) >= 11 is 0. The largest absolute Gasteiger partial charge is 0.316 e. The van der Waals surface area contributed by atoms with Crippen LogP contribution in [0.2, 0.25) is 0 Å². The molecular weight excluding hydrogens is 226 g/mol. The highest BCUT2D eigenvalue weighted by Crippen LogP contribution is 2.35. The first-order chi connectivity index (χ1) is 8.60. The Morgan fingerprint density at radius 2 is 2.39 bits per heavy atom. The summed E-state index contributed by atoms with van der Waals surface area (Å²) in [5.41, 5.74) is 0.559. The Bertz CT molecular complexity index is 416. The molecule has 0 spiro atoms. The van der Waals surface area contributed by atoms with Crippen LogP contribution in [0, 0.1) is 5.41 Å². The molecule has 1 atom stereocenters. The van der Waals surface area contributed by atoms with Crippen LogP contribution in [0.15, 0.2) is 12.3 Å². The molecule has 0 saturated carbocycles. The lowest BCUT2D eigenvalue weighted by Crippen LogP contribution is -2.35. The maximum atomic E-state index is 12.8. The number of hydrogen-bond acceptors (Lipinski definition) is 3. The van der Waals surface area contributed by atoms with Gasteiger partial charge >= 0.3 is 0 Å². The van der Waals surface area contributed by atoms with Crippen molar-refractivity contribution in [3.63, 3.8) is 0 Å². The number of carbonyl (C=O) groups is 1. The van der Waals surface area contributed by atoms with Crippen molar-refractivity contribution in [3.8, 4) is 0 Å². The third kappa shape index (κ3) is 2.21. The predicted octanol–water partition coefficient (Wildman–Crippen LogP) is 2.43. The highest BCUT2D eigenvalue weighted by molar-refractivity contribution is 5.99. The van der Waals surface area contributed by atoms with Gasteiger partial charge in [0.1, 0.15) is 5.69 Å². The Hall–Kier alpha value is -1.16. The van der Waals surface area contributed by atoms with Crippen molar-refractivity contribution in [1.82, 2.24) is 15.1 Å². The molecule has 1 aliphatic rings. The molecule has 1 aromatic heterocycles. The lowest BCUT2D eigenvalue weighted by atomic mass is 9.77. The lowest BCUT2D eigenvalue weighted by molar-refractivity contribution is 0.0787. The molecule has 1 fully saturated rings. The monoisotopic (exact) mass is 249 g/mol. The third-order valence-corrected chi connectivity index (χ3v) is 3.85. The molecule has 4 nitrogen and oxygen atoms in total. The molecule has 18 heavy (non-hydrogen) atoms. The van der Waals surface area contributed by atoms with Gasteiger partial charge in [0, 0.05) is 24.2 Å². The third-order valence-electron chi connectivity index (χ3n) is 3.85. The predicted molar refractivity (Wildman–Crippen MR) is 71.8 cm³/mol. The van der Waals surface area contributed by atoms with Crippen LogP contribution in [-0.4, -0.2) is 28.7 Å². The summed E-state index contributed by atoms with van der Waals surface area (Å²) in [7, 11) is 0. The van der Waals surface area contributed by atoms with Crippen molar-refractivity contribution in [1.29, 1.82) is 0 Å². The summed E-state index contributed by atoms with van der Waals surface area (Å²) in [6.07, 6.45) is 4.68. The topological polar surface area (TPSA) is 46.9 Å². The summed E-state index contributed by atoms with van der Waals surface area (Å²) in [6.45, 7) is 8.02. The van der Waals surface area contributed by atoms with Gasteiger partial charge in [-0.15, -0.1) is 0 Å². The second kappa shape index (κ2) is 5.22. The Labute approximate surface area is 109 Å². The van der Waals surface area contributed by atoms with Crippen LogP contribution in [0.25, 0.3) is 0 Å². The average Bonchev–Trinajstić information content (AvgIpc) is 2.97. The summed E-state index contributed by atoms with van der Waals surface area (Å²) < 4.78 is 1.85. The Morgan fingerprint density at radius 1 is 1.61 bits per heavy atom. The number of nitrogens with zero attached hydrogens (tertiary/aromatic N) is 2. The van der Waals surface area contributed by atoms with E-state index in [1.54, 1.807) is 6.20 Å². The zero-order chi connectivity index (χ0) is 13.2. The molecule has 0 amide bonds. The minimum Gasteiger partial charge on any atom is -0.316 e. The Kier molecular flexibility index (Phi) is 3.85. The smallest absolute Gasteiger partial charge is 0.188 e. The van der Waals surface area contributed by atoms with Crippen molar-refractivity contribution in [3.05, 3.63) is 18.0 Å². The number of ketones is 1. The SMILES string of the molecule is CCCC1(C(=O)c2ccnn2C(C)C)CCNC1. The first kappa shape index (κ1) is 13.3. The summed E-state index contributed by atoms with van der Waals surface area (Å²) in [4.78, 5) is 12.8. The van der Waals surface area contributed by atoms with E-state index in [4.69, 9.17) is 0 Å². The van der Waals surface area contributed by atoms with Gasteiger partial charge in [0.05, 0.1) is 0 Å². The van der Waals surface area contributed by atoms with Crippen molar-refractivity contribution in [2.75, 3.05) is 13.1 Å². The number of aromatic nitrogens is 2. The van der Waals surface area contributed by atoms with Gasteiger partial charge in [-0.1, -0.05) is 13.3 Å². The molecule has 2 rings (SSSR count). The second-order valence-corrected chi connectivity index (χ2v) is 5.54. The highest BCUT2D eigenvalue weighted by Gasteiger charge is 2.41. The van der Waals surface area contributed by atoms with Gasteiger partial charge in [0.15, 0.2) is 5.78 Å². The van der Waals surface area contributed by atoms with Crippen molar-refractivity contribution >= 4 is 5.78 Å². The van der Waals surface area contributed by atoms with Gasteiger partial charge in [-0.3, -0.25) is 9.48 Å². The van der Waals surface area contributed by atoms with Crippen molar-refractivity contribution < 1.29 is 4.79 Å². The molecule has 1 saturated heterocycles. The zero-order valence-electron chi connectivity index (χ0n) is 11.6. The van der Waals surface area contributed by atoms with E-state index in [9.17, 15) is 4.79 Å². The highest BCUT2D eigenvalue weighted by atomic mass is 16.1. The normalized spacial score (nSPS) is 23.8. The van der Waals surface area contributed by atoms with E-state index < -0.39 is 0 Å².